The van der Waals surface area contributed by atoms with E-state index < -0.39 is 11.3 Å². The van der Waals surface area contributed by atoms with Crippen LogP contribution in [-0.4, -0.2) is 12.5 Å². The molecule has 1 saturated carbocycles. The molecule has 0 aromatic carbocycles. The van der Waals surface area contributed by atoms with Crippen LogP contribution in [0.25, 0.3) is 0 Å². The van der Waals surface area contributed by atoms with E-state index in [9.17, 15) is 8.78 Å². The SMILES string of the molecule is NCC1(c2cc3c(s2)CCC3)CC(F)(F)C1. The van der Waals surface area contributed by atoms with Gasteiger partial charge in [0.15, 0.2) is 0 Å². The lowest BCUT2D eigenvalue weighted by molar-refractivity contribution is -0.122. The molecule has 2 N–H and O–H groups in total. The summed E-state index contributed by atoms with van der Waals surface area (Å²) in [5, 5.41) is 0. The van der Waals surface area contributed by atoms with Crippen LogP contribution in [0, 0.1) is 0 Å². The largest absolute Gasteiger partial charge is 0.330 e. The monoisotopic (exact) mass is 243 g/mol. The van der Waals surface area contributed by atoms with Crippen molar-refractivity contribution in [2.75, 3.05) is 6.54 Å². The second-order valence-electron chi connectivity index (χ2n) is 5.11. The van der Waals surface area contributed by atoms with Gasteiger partial charge >= 0.3 is 0 Å². The van der Waals surface area contributed by atoms with E-state index in [0.29, 0.717) is 6.54 Å². The van der Waals surface area contributed by atoms with Gasteiger partial charge in [0, 0.05) is 34.6 Å². The normalized spacial score (nSPS) is 25.2. The molecule has 0 amide bonds. The molecule has 0 radical (unpaired) electrons. The molecule has 0 aliphatic heterocycles. The lowest BCUT2D eigenvalue weighted by Crippen LogP contribution is -2.53. The van der Waals surface area contributed by atoms with Crippen LogP contribution in [0.15, 0.2) is 6.07 Å². The molecule has 1 nitrogen and oxygen atoms in total. The molecule has 4 heteroatoms. The Morgan fingerprint density at radius 3 is 2.62 bits per heavy atom. The van der Waals surface area contributed by atoms with E-state index in [4.69, 9.17) is 5.73 Å². The lowest BCUT2D eigenvalue weighted by Gasteiger charge is -2.46. The summed E-state index contributed by atoms with van der Waals surface area (Å²) >= 11 is 1.72. The van der Waals surface area contributed by atoms with Crippen molar-refractivity contribution < 1.29 is 8.78 Å². The van der Waals surface area contributed by atoms with Crippen molar-refractivity contribution in [2.24, 2.45) is 5.73 Å². The van der Waals surface area contributed by atoms with Gasteiger partial charge in [-0.1, -0.05) is 0 Å². The summed E-state index contributed by atoms with van der Waals surface area (Å²) in [7, 11) is 0. The number of aryl methyl sites for hydroxylation is 2. The summed E-state index contributed by atoms with van der Waals surface area (Å²) < 4.78 is 26.1. The van der Waals surface area contributed by atoms with Gasteiger partial charge in [-0.25, -0.2) is 8.78 Å². The van der Waals surface area contributed by atoms with Crippen LogP contribution < -0.4 is 5.73 Å². The van der Waals surface area contributed by atoms with Crippen LogP contribution in [-0.2, 0) is 18.3 Å². The Balaban J connectivity index is 1.91. The van der Waals surface area contributed by atoms with Crippen LogP contribution in [0.5, 0.6) is 0 Å². The molecule has 0 spiro atoms. The van der Waals surface area contributed by atoms with Gasteiger partial charge in [0.05, 0.1) is 0 Å². The molecule has 2 aliphatic carbocycles. The fourth-order valence-corrected chi connectivity index (χ4v) is 4.40. The Kier molecular flexibility index (Phi) is 2.17. The highest BCUT2D eigenvalue weighted by Gasteiger charge is 2.57. The van der Waals surface area contributed by atoms with Gasteiger partial charge in [0.25, 0.3) is 0 Å². The zero-order valence-electron chi connectivity index (χ0n) is 9.06. The molecule has 0 saturated heterocycles. The molecule has 16 heavy (non-hydrogen) atoms. The van der Waals surface area contributed by atoms with Crippen molar-refractivity contribution in [3.63, 3.8) is 0 Å². The van der Waals surface area contributed by atoms with Gasteiger partial charge in [0.1, 0.15) is 0 Å². The number of hydrogen-bond acceptors (Lipinski definition) is 2. The van der Waals surface area contributed by atoms with E-state index in [2.05, 4.69) is 6.07 Å². The quantitative estimate of drug-likeness (QED) is 0.849. The number of thiophene rings is 1. The lowest BCUT2D eigenvalue weighted by atomic mass is 9.65. The van der Waals surface area contributed by atoms with Crippen molar-refractivity contribution in [1.29, 1.82) is 0 Å². The zero-order valence-corrected chi connectivity index (χ0v) is 9.88. The van der Waals surface area contributed by atoms with E-state index in [1.165, 1.54) is 16.9 Å². The molecule has 0 unspecified atom stereocenters. The predicted octanol–water partition coefficient (Wildman–Crippen LogP) is 2.86. The first kappa shape index (κ1) is 10.7. The fraction of sp³-hybridized carbons (Fsp3) is 0.667. The number of halogens is 2. The molecule has 2 aliphatic rings. The second-order valence-corrected chi connectivity index (χ2v) is 6.24. The predicted molar refractivity (Wildman–Crippen MR) is 61.3 cm³/mol. The standard InChI is InChI=1S/C12H15F2NS/c13-12(14)5-11(6-12,7-15)10-4-8-2-1-3-9(8)16-10/h4H,1-3,5-7,15H2. The van der Waals surface area contributed by atoms with Crippen molar-refractivity contribution in [2.45, 2.75) is 43.4 Å². The van der Waals surface area contributed by atoms with Gasteiger partial charge in [-0.05, 0) is 30.9 Å². The average molecular weight is 243 g/mol. The van der Waals surface area contributed by atoms with E-state index in [1.54, 1.807) is 11.3 Å². The van der Waals surface area contributed by atoms with E-state index in [-0.39, 0.29) is 12.8 Å². The van der Waals surface area contributed by atoms with Crippen molar-refractivity contribution in [1.82, 2.24) is 0 Å². The Morgan fingerprint density at radius 2 is 2.06 bits per heavy atom. The van der Waals surface area contributed by atoms with E-state index >= 15 is 0 Å². The number of nitrogens with two attached hydrogens (primary N) is 1. The number of fused-ring (bicyclic) bond motifs is 1. The minimum atomic E-state index is -2.49. The Hall–Kier alpha value is -0.480. The maximum absolute atomic E-state index is 13.1. The summed E-state index contributed by atoms with van der Waals surface area (Å²) in [5.74, 6) is -2.49. The Labute approximate surface area is 97.7 Å². The highest BCUT2D eigenvalue weighted by Crippen LogP contribution is 2.55. The third-order valence-corrected chi connectivity index (χ3v) is 5.34. The van der Waals surface area contributed by atoms with Crippen molar-refractivity contribution in [3.8, 4) is 0 Å². The third kappa shape index (κ3) is 1.43. The molecule has 3 rings (SSSR count). The van der Waals surface area contributed by atoms with Gasteiger partial charge in [-0.15, -0.1) is 11.3 Å². The number of alkyl halides is 2. The molecule has 1 aromatic rings. The first-order valence-corrected chi connectivity index (χ1v) is 6.56. The van der Waals surface area contributed by atoms with Crippen LogP contribution in [0.4, 0.5) is 8.78 Å². The molecule has 88 valence electrons. The summed E-state index contributed by atoms with van der Waals surface area (Å²) in [5.41, 5.74) is 6.67. The maximum atomic E-state index is 13.1. The average Bonchev–Trinajstić information content (AvgIpc) is 2.71. The highest BCUT2D eigenvalue weighted by atomic mass is 32.1. The van der Waals surface area contributed by atoms with Gasteiger partial charge < -0.3 is 5.73 Å². The number of hydrogen-bond donors (Lipinski definition) is 1. The van der Waals surface area contributed by atoms with Crippen LogP contribution in [0.2, 0.25) is 0 Å². The summed E-state index contributed by atoms with van der Waals surface area (Å²) in [6.45, 7) is 0.349. The zero-order chi connectivity index (χ0) is 11.4. The van der Waals surface area contributed by atoms with Crippen molar-refractivity contribution >= 4 is 11.3 Å². The molecule has 1 heterocycles. The molecular formula is C12H15F2NS. The van der Waals surface area contributed by atoms with E-state index in [1.807, 2.05) is 0 Å². The van der Waals surface area contributed by atoms with Gasteiger partial charge in [0.2, 0.25) is 5.92 Å². The molecule has 0 atom stereocenters. The van der Waals surface area contributed by atoms with E-state index in [0.717, 1.165) is 17.7 Å². The highest BCUT2D eigenvalue weighted by molar-refractivity contribution is 7.12. The molecule has 1 fully saturated rings. The smallest absolute Gasteiger partial charge is 0.250 e. The minimum absolute atomic E-state index is 0.0596. The van der Waals surface area contributed by atoms with Gasteiger partial charge in [-0.2, -0.15) is 0 Å². The van der Waals surface area contributed by atoms with Crippen LogP contribution in [0.3, 0.4) is 0 Å². The van der Waals surface area contributed by atoms with Crippen molar-refractivity contribution in [3.05, 3.63) is 21.4 Å². The Morgan fingerprint density at radius 1 is 1.31 bits per heavy atom. The minimum Gasteiger partial charge on any atom is -0.330 e. The Bertz CT molecular complexity index is 395. The second kappa shape index (κ2) is 3.26. The topological polar surface area (TPSA) is 26.0 Å². The number of rotatable bonds is 2. The summed E-state index contributed by atoms with van der Waals surface area (Å²) in [4.78, 5) is 2.50. The summed E-state index contributed by atoms with van der Waals surface area (Å²) in [6, 6.07) is 2.13. The molecule has 0 bridgehead atoms. The van der Waals surface area contributed by atoms with Crippen LogP contribution in [0.1, 0.15) is 34.6 Å². The maximum Gasteiger partial charge on any atom is 0.250 e. The fourth-order valence-electron chi connectivity index (χ4n) is 2.95. The van der Waals surface area contributed by atoms with Gasteiger partial charge in [-0.3, -0.25) is 0 Å². The first-order valence-electron chi connectivity index (χ1n) is 5.75. The first-order chi connectivity index (χ1) is 7.55. The third-order valence-electron chi connectivity index (χ3n) is 3.85. The molecular weight excluding hydrogens is 228 g/mol. The van der Waals surface area contributed by atoms with Crippen LogP contribution >= 0.6 is 11.3 Å². The summed E-state index contributed by atoms with van der Waals surface area (Å²) in [6.07, 6.45) is 3.33. The molecule has 1 aromatic heterocycles.